The van der Waals surface area contributed by atoms with Gasteiger partial charge in [-0.15, -0.1) is 0 Å². The smallest absolute Gasteiger partial charge is 0.253 e. The van der Waals surface area contributed by atoms with Crippen molar-refractivity contribution in [2.24, 2.45) is 5.73 Å². The zero-order valence-corrected chi connectivity index (χ0v) is 9.31. The number of hydrogen-bond donors (Lipinski definition) is 2. The van der Waals surface area contributed by atoms with E-state index in [1.165, 1.54) is 12.1 Å². The molecule has 4 nitrogen and oxygen atoms in total. The Morgan fingerprint density at radius 2 is 2.00 bits per heavy atom. The summed E-state index contributed by atoms with van der Waals surface area (Å²) >= 11 is 0. The highest BCUT2D eigenvalue weighted by Crippen LogP contribution is 2.23. The Kier molecular flexibility index (Phi) is 2.59. The molecule has 0 radical (unpaired) electrons. The molecule has 1 amide bonds. The monoisotopic (exact) mass is 220 g/mol. The highest BCUT2D eigenvalue weighted by atomic mass is 16.3. The number of carbonyl (C=O) groups is 1. The Bertz CT molecular complexity index is 394. The van der Waals surface area contributed by atoms with Crippen molar-refractivity contribution in [3.63, 3.8) is 0 Å². The SMILES string of the molecule is CCC1(N)CN(C(=O)c2ccc(O)cc2)C1. The third kappa shape index (κ3) is 1.88. The van der Waals surface area contributed by atoms with Crippen LogP contribution in [-0.2, 0) is 0 Å². The third-order valence-electron chi connectivity index (χ3n) is 3.12. The molecule has 1 aliphatic heterocycles. The van der Waals surface area contributed by atoms with Crippen LogP contribution >= 0.6 is 0 Å². The van der Waals surface area contributed by atoms with Gasteiger partial charge in [0.05, 0.1) is 5.54 Å². The van der Waals surface area contributed by atoms with Crippen molar-refractivity contribution in [1.82, 2.24) is 4.90 Å². The van der Waals surface area contributed by atoms with E-state index in [0.29, 0.717) is 18.7 Å². The molecule has 0 spiro atoms. The molecule has 1 heterocycles. The molecule has 0 unspecified atom stereocenters. The van der Waals surface area contributed by atoms with Crippen molar-refractivity contribution in [3.8, 4) is 5.75 Å². The van der Waals surface area contributed by atoms with Crippen LogP contribution in [0.5, 0.6) is 5.75 Å². The summed E-state index contributed by atoms with van der Waals surface area (Å²) < 4.78 is 0. The van der Waals surface area contributed by atoms with Crippen LogP contribution in [0, 0.1) is 0 Å². The Morgan fingerprint density at radius 3 is 2.50 bits per heavy atom. The van der Waals surface area contributed by atoms with Gasteiger partial charge in [0.1, 0.15) is 5.75 Å². The van der Waals surface area contributed by atoms with Crippen LogP contribution in [0.4, 0.5) is 0 Å². The maximum Gasteiger partial charge on any atom is 0.253 e. The minimum atomic E-state index is -0.202. The largest absolute Gasteiger partial charge is 0.508 e. The molecule has 1 aromatic carbocycles. The van der Waals surface area contributed by atoms with Gasteiger partial charge >= 0.3 is 0 Å². The Labute approximate surface area is 94.7 Å². The second kappa shape index (κ2) is 3.79. The number of nitrogens with zero attached hydrogens (tertiary/aromatic N) is 1. The Balaban J connectivity index is 2.03. The number of phenolic OH excluding ortho intramolecular Hbond substituents is 1. The van der Waals surface area contributed by atoms with Crippen LogP contribution in [0.25, 0.3) is 0 Å². The van der Waals surface area contributed by atoms with Crippen molar-refractivity contribution in [3.05, 3.63) is 29.8 Å². The van der Waals surface area contributed by atoms with Crippen LogP contribution in [0.1, 0.15) is 23.7 Å². The number of likely N-dealkylation sites (tertiary alicyclic amines) is 1. The van der Waals surface area contributed by atoms with Crippen molar-refractivity contribution >= 4 is 5.91 Å². The first-order valence-electron chi connectivity index (χ1n) is 5.41. The van der Waals surface area contributed by atoms with Crippen molar-refractivity contribution in [1.29, 1.82) is 0 Å². The van der Waals surface area contributed by atoms with Gasteiger partial charge in [0, 0.05) is 18.7 Å². The van der Waals surface area contributed by atoms with Crippen LogP contribution in [0.15, 0.2) is 24.3 Å². The standard InChI is InChI=1S/C12H16N2O2/c1-2-12(13)7-14(8-12)11(16)9-3-5-10(15)6-4-9/h3-6,15H,2,7-8,13H2,1H3. The van der Waals surface area contributed by atoms with E-state index >= 15 is 0 Å². The van der Waals surface area contributed by atoms with Crippen LogP contribution in [-0.4, -0.2) is 34.5 Å². The molecule has 1 aromatic rings. The number of amides is 1. The number of benzene rings is 1. The predicted molar refractivity (Wildman–Crippen MR) is 61.2 cm³/mol. The second-order valence-electron chi connectivity index (χ2n) is 4.42. The lowest BCUT2D eigenvalue weighted by molar-refractivity contribution is 0.0401. The van der Waals surface area contributed by atoms with Crippen molar-refractivity contribution in [2.45, 2.75) is 18.9 Å². The van der Waals surface area contributed by atoms with Crippen LogP contribution in [0.3, 0.4) is 0 Å². The Morgan fingerprint density at radius 1 is 1.44 bits per heavy atom. The van der Waals surface area contributed by atoms with E-state index in [-0.39, 0.29) is 17.2 Å². The number of carbonyl (C=O) groups excluding carboxylic acids is 1. The van der Waals surface area contributed by atoms with E-state index in [0.717, 1.165) is 6.42 Å². The lowest BCUT2D eigenvalue weighted by Gasteiger charge is -2.47. The fraction of sp³-hybridized carbons (Fsp3) is 0.417. The normalized spacial score (nSPS) is 18.0. The van der Waals surface area contributed by atoms with Gasteiger partial charge < -0.3 is 15.7 Å². The molecule has 1 saturated heterocycles. The molecule has 16 heavy (non-hydrogen) atoms. The van der Waals surface area contributed by atoms with Gasteiger partial charge in [-0.05, 0) is 30.7 Å². The molecular weight excluding hydrogens is 204 g/mol. The molecule has 0 aromatic heterocycles. The van der Waals surface area contributed by atoms with Gasteiger partial charge in [0.2, 0.25) is 0 Å². The summed E-state index contributed by atoms with van der Waals surface area (Å²) in [7, 11) is 0. The minimum Gasteiger partial charge on any atom is -0.508 e. The van der Waals surface area contributed by atoms with E-state index < -0.39 is 0 Å². The maximum atomic E-state index is 11.9. The van der Waals surface area contributed by atoms with Gasteiger partial charge in [0.15, 0.2) is 0 Å². The molecule has 3 N–H and O–H groups in total. The fourth-order valence-electron chi connectivity index (χ4n) is 1.87. The van der Waals surface area contributed by atoms with Crippen molar-refractivity contribution < 1.29 is 9.90 Å². The van der Waals surface area contributed by atoms with E-state index in [1.54, 1.807) is 17.0 Å². The number of rotatable bonds is 2. The first-order valence-corrected chi connectivity index (χ1v) is 5.41. The summed E-state index contributed by atoms with van der Waals surface area (Å²) in [5.41, 5.74) is 6.39. The molecule has 0 aliphatic carbocycles. The van der Waals surface area contributed by atoms with Gasteiger partial charge in [-0.1, -0.05) is 6.92 Å². The summed E-state index contributed by atoms with van der Waals surface area (Å²) in [5, 5.41) is 9.12. The quantitative estimate of drug-likeness (QED) is 0.780. The van der Waals surface area contributed by atoms with E-state index in [9.17, 15) is 4.79 Å². The summed E-state index contributed by atoms with van der Waals surface area (Å²) in [5.74, 6) is 0.149. The summed E-state index contributed by atoms with van der Waals surface area (Å²) in [6, 6.07) is 6.28. The van der Waals surface area contributed by atoms with Gasteiger partial charge in [-0.25, -0.2) is 0 Å². The first-order chi connectivity index (χ1) is 7.54. The first kappa shape index (κ1) is 11.0. The molecule has 1 fully saturated rings. The highest BCUT2D eigenvalue weighted by Gasteiger charge is 2.40. The second-order valence-corrected chi connectivity index (χ2v) is 4.42. The average Bonchev–Trinajstić information content (AvgIpc) is 2.25. The number of hydrogen-bond acceptors (Lipinski definition) is 3. The predicted octanol–water partition coefficient (Wildman–Crippen LogP) is 0.956. The van der Waals surface area contributed by atoms with Gasteiger partial charge in [0.25, 0.3) is 5.91 Å². The summed E-state index contributed by atoms with van der Waals surface area (Å²) in [4.78, 5) is 13.7. The molecule has 4 heteroatoms. The summed E-state index contributed by atoms with van der Waals surface area (Å²) in [6.45, 7) is 3.26. The highest BCUT2D eigenvalue weighted by molar-refractivity contribution is 5.95. The zero-order chi connectivity index (χ0) is 11.8. The van der Waals surface area contributed by atoms with Crippen molar-refractivity contribution in [2.75, 3.05) is 13.1 Å². The van der Waals surface area contributed by atoms with Crippen LogP contribution in [0.2, 0.25) is 0 Å². The third-order valence-corrected chi connectivity index (χ3v) is 3.12. The maximum absolute atomic E-state index is 11.9. The molecule has 0 saturated carbocycles. The number of phenols is 1. The minimum absolute atomic E-state index is 0.0190. The van der Waals surface area contributed by atoms with Gasteiger partial charge in [-0.2, -0.15) is 0 Å². The molecule has 0 bridgehead atoms. The molecule has 1 aliphatic rings. The van der Waals surface area contributed by atoms with E-state index in [2.05, 4.69) is 0 Å². The summed E-state index contributed by atoms with van der Waals surface area (Å²) in [6.07, 6.45) is 0.881. The Hall–Kier alpha value is -1.55. The molecular formula is C12H16N2O2. The van der Waals surface area contributed by atoms with E-state index in [4.69, 9.17) is 10.8 Å². The topological polar surface area (TPSA) is 66.6 Å². The fourth-order valence-corrected chi connectivity index (χ4v) is 1.87. The van der Waals surface area contributed by atoms with Crippen LogP contribution < -0.4 is 5.73 Å². The zero-order valence-electron chi connectivity index (χ0n) is 9.31. The van der Waals surface area contributed by atoms with E-state index in [1.807, 2.05) is 6.92 Å². The molecule has 2 rings (SSSR count). The molecule has 86 valence electrons. The lowest BCUT2D eigenvalue weighted by Crippen LogP contribution is -2.68. The lowest BCUT2D eigenvalue weighted by atomic mass is 9.88. The molecule has 0 atom stereocenters. The number of aromatic hydroxyl groups is 1. The van der Waals surface area contributed by atoms with Gasteiger partial charge in [-0.3, -0.25) is 4.79 Å². The number of nitrogens with two attached hydrogens (primary N) is 1. The average molecular weight is 220 g/mol.